The highest BCUT2D eigenvalue weighted by atomic mass is 35.5. The highest BCUT2D eigenvalue weighted by Crippen LogP contribution is 2.22. The Morgan fingerprint density at radius 3 is 2.29 bits per heavy atom. The number of hydrogen-bond donors (Lipinski definition) is 2. The zero-order valence-corrected chi connectivity index (χ0v) is 13.2. The lowest BCUT2D eigenvalue weighted by atomic mass is 10.2. The third-order valence-electron chi connectivity index (χ3n) is 2.57. The second kappa shape index (κ2) is 7.00. The summed E-state index contributed by atoms with van der Waals surface area (Å²) >= 11 is 11.7. The van der Waals surface area contributed by atoms with Gasteiger partial charge in [0.05, 0.1) is 20.5 Å². The molecule has 1 aromatic heterocycles. The van der Waals surface area contributed by atoms with E-state index in [4.69, 9.17) is 23.2 Å². The van der Waals surface area contributed by atoms with Crippen LogP contribution < -0.4 is 10.3 Å². The number of nitrogens with one attached hydrogen (secondary N) is 2. The number of hydrazine groups is 1. The van der Waals surface area contributed by atoms with Crippen LogP contribution in [0.1, 0.15) is 15.9 Å². The van der Waals surface area contributed by atoms with Crippen LogP contribution in [0, 0.1) is 6.92 Å². The number of aryl methyl sites for hydroxylation is 1. The predicted octanol–water partition coefficient (Wildman–Crippen LogP) is 2.65. The van der Waals surface area contributed by atoms with E-state index in [9.17, 15) is 9.00 Å². The van der Waals surface area contributed by atoms with Gasteiger partial charge in [0.15, 0.2) is 0 Å². The maximum Gasteiger partial charge on any atom is 0.269 e. The van der Waals surface area contributed by atoms with E-state index in [2.05, 4.69) is 15.2 Å². The topological polar surface area (TPSA) is 71.1 Å². The second-order valence-corrected chi connectivity index (χ2v) is 6.14. The van der Waals surface area contributed by atoms with Crippen LogP contribution in [-0.2, 0) is 11.0 Å². The van der Waals surface area contributed by atoms with Gasteiger partial charge in [-0.1, -0.05) is 40.9 Å². The van der Waals surface area contributed by atoms with Crippen molar-refractivity contribution >= 4 is 40.1 Å². The van der Waals surface area contributed by atoms with Gasteiger partial charge in [-0.15, -0.1) is 4.83 Å². The van der Waals surface area contributed by atoms with Crippen molar-refractivity contribution < 1.29 is 9.00 Å². The van der Waals surface area contributed by atoms with Crippen LogP contribution in [0.2, 0.25) is 10.0 Å². The number of aromatic nitrogens is 1. The van der Waals surface area contributed by atoms with Crippen molar-refractivity contribution in [2.75, 3.05) is 0 Å². The van der Waals surface area contributed by atoms with Crippen LogP contribution in [0.4, 0.5) is 0 Å². The summed E-state index contributed by atoms with van der Waals surface area (Å²) in [5.74, 6) is -0.590. The highest BCUT2D eigenvalue weighted by Gasteiger charge is 2.15. The molecule has 21 heavy (non-hydrogen) atoms. The third-order valence-corrected chi connectivity index (χ3v) is 4.13. The molecule has 2 N–H and O–H groups in total. The lowest BCUT2D eigenvalue weighted by Crippen LogP contribution is -2.38. The molecule has 0 fully saturated rings. The molecule has 1 heterocycles. The molecule has 0 spiro atoms. The average Bonchev–Trinajstić information content (AvgIpc) is 2.45. The molecule has 2 rings (SSSR count). The minimum atomic E-state index is -1.58. The Kier molecular flexibility index (Phi) is 5.30. The second-order valence-electron chi connectivity index (χ2n) is 4.12. The molecular formula is C13H11Cl2N3O2S. The smallest absolute Gasteiger partial charge is 0.269 e. The van der Waals surface area contributed by atoms with Crippen molar-refractivity contribution in [3.63, 3.8) is 0 Å². The van der Waals surface area contributed by atoms with Crippen LogP contribution in [0.3, 0.4) is 0 Å². The van der Waals surface area contributed by atoms with Gasteiger partial charge in [0.2, 0.25) is 0 Å². The monoisotopic (exact) mass is 343 g/mol. The Morgan fingerprint density at radius 2 is 1.71 bits per heavy atom. The summed E-state index contributed by atoms with van der Waals surface area (Å²) in [4.78, 5) is 18.7. The van der Waals surface area contributed by atoms with Crippen molar-refractivity contribution in [1.29, 1.82) is 0 Å². The molecule has 0 aliphatic heterocycles. The summed E-state index contributed by atoms with van der Waals surface area (Å²) in [7, 11) is -1.58. The fraction of sp³-hybridized carbons (Fsp3) is 0.0769. The van der Waals surface area contributed by atoms with Crippen molar-refractivity contribution in [3.8, 4) is 0 Å². The van der Waals surface area contributed by atoms with Crippen LogP contribution in [-0.4, -0.2) is 15.1 Å². The van der Waals surface area contributed by atoms with Crippen molar-refractivity contribution in [2.24, 2.45) is 0 Å². The van der Waals surface area contributed by atoms with Gasteiger partial charge in [-0.05, 0) is 19.1 Å². The summed E-state index contributed by atoms with van der Waals surface area (Å²) in [5.41, 5.74) is 3.43. The fourth-order valence-corrected chi connectivity index (χ4v) is 2.73. The minimum absolute atomic E-state index is 0.0711. The molecule has 0 aliphatic carbocycles. The number of nitrogens with zero attached hydrogens (tertiary/aromatic N) is 1. The molecule has 1 atom stereocenters. The molecule has 1 aromatic carbocycles. The van der Waals surface area contributed by atoms with Gasteiger partial charge >= 0.3 is 0 Å². The largest absolute Gasteiger partial charge is 0.275 e. The Hall–Kier alpha value is -1.47. The highest BCUT2D eigenvalue weighted by molar-refractivity contribution is 7.83. The molecule has 0 bridgehead atoms. The molecule has 5 nitrogen and oxygen atoms in total. The number of carbonyl (C=O) groups excluding carboxylic acids is 1. The summed E-state index contributed by atoms with van der Waals surface area (Å²) in [5, 5.41) is 0.228. The summed E-state index contributed by atoms with van der Waals surface area (Å²) in [6, 6.07) is 7.06. The van der Waals surface area contributed by atoms with Gasteiger partial charge in [-0.25, -0.2) is 4.21 Å². The molecule has 8 heteroatoms. The molecule has 1 unspecified atom stereocenters. The number of rotatable bonds is 4. The first kappa shape index (κ1) is 15.9. The number of hydrogen-bond acceptors (Lipinski definition) is 3. The van der Waals surface area contributed by atoms with Gasteiger partial charge in [-0.2, -0.15) is 0 Å². The van der Waals surface area contributed by atoms with Crippen LogP contribution in [0.15, 0.2) is 41.6 Å². The van der Waals surface area contributed by atoms with Crippen molar-refractivity contribution in [1.82, 2.24) is 15.2 Å². The first-order valence-electron chi connectivity index (χ1n) is 5.82. The first-order chi connectivity index (χ1) is 9.99. The molecule has 0 saturated carbocycles. The fourth-order valence-electron chi connectivity index (χ4n) is 1.50. The molecule has 2 aromatic rings. The quantitative estimate of drug-likeness (QED) is 0.838. The van der Waals surface area contributed by atoms with Crippen LogP contribution in [0.5, 0.6) is 0 Å². The lowest BCUT2D eigenvalue weighted by molar-refractivity contribution is 0.0946. The first-order valence-corrected chi connectivity index (χ1v) is 7.73. The van der Waals surface area contributed by atoms with Gasteiger partial charge < -0.3 is 0 Å². The van der Waals surface area contributed by atoms with Gasteiger partial charge in [0.25, 0.3) is 5.91 Å². The molecule has 0 saturated heterocycles. The normalized spacial score (nSPS) is 12.0. The average molecular weight is 344 g/mol. The third kappa shape index (κ3) is 4.01. The number of pyridine rings is 1. The lowest BCUT2D eigenvalue weighted by Gasteiger charge is -2.09. The molecule has 110 valence electrons. The number of benzene rings is 1. The summed E-state index contributed by atoms with van der Waals surface area (Å²) in [6.07, 6.45) is 2.61. The zero-order valence-electron chi connectivity index (χ0n) is 10.9. The predicted molar refractivity (Wildman–Crippen MR) is 82.4 cm³/mol. The number of amides is 1. The summed E-state index contributed by atoms with van der Waals surface area (Å²) < 4.78 is 12.0. The molecule has 0 radical (unpaired) electrons. The van der Waals surface area contributed by atoms with Crippen molar-refractivity contribution in [3.05, 3.63) is 57.8 Å². The van der Waals surface area contributed by atoms with Gasteiger partial charge in [-0.3, -0.25) is 15.2 Å². The Bertz CT molecular complexity index is 672. The van der Waals surface area contributed by atoms with E-state index >= 15 is 0 Å². The summed E-state index contributed by atoms with van der Waals surface area (Å²) in [6.45, 7) is 1.93. The molecule has 1 amide bonds. The van der Waals surface area contributed by atoms with E-state index in [1.54, 1.807) is 12.1 Å². The molecular weight excluding hydrogens is 333 g/mol. The van der Waals surface area contributed by atoms with E-state index < -0.39 is 16.9 Å². The molecule has 0 aliphatic rings. The number of carbonyl (C=O) groups is 1. The Morgan fingerprint density at radius 1 is 1.14 bits per heavy atom. The maximum atomic E-state index is 12.0. The van der Waals surface area contributed by atoms with Gasteiger partial charge in [0, 0.05) is 12.4 Å². The minimum Gasteiger partial charge on any atom is -0.275 e. The van der Waals surface area contributed by atoms with Crippen LogP contribution in [0.25, 0.3) is 0 Å². The number of halogens is 2. The standard InChI is InChI=1S/C13H11Cl2N3O2S/c1-8-2-4-9(5-3-8)21(20)18-17-13(19)12-10(14)6-16-7-11(12)15/h2-7,18H,1H3,(H,17,19). The van der Waals surface area contributed by atoms with E-state index in [0.717, 1.165) is 5.56 Å². The van der Waals surface area contributed by atoms with E-state index in [0.29, 0.717) is 4.90 Å². The van der Waals surface area contributed by atoms with E-state index in [-0.39, 0.29) is 15.6 Å². The van der Waals surface area contributed by atoms with Crippen LogP contribution >= 0.6 is 23.2 Å². The Labute approximate surface area is 134 Å². The maximum absolute atomic E-state index is 12.0. The Balaban J connectivity index is 2.04. The van der Waals surface area contributed by atoms with Crippen molar-refractivity contribution in [2.45, 2.75) is 11.8 Å². The van der Waals surface area contributed by atoms with E-state index in [1.165, 1.54) is 12.4 Å². The van der Waals surface area contributed by atoms with Gasteiger partial charge in [0.1, 0.15) is 11.0 Å². The SMILES string of the molecule is Cc1ccc(S(=O)NNC(=O)c2c(Cl)cncc2Cl)cc1. The zero-order chi connectivity index (χ0) is 15.4. The van der Waals surface area contributed by atoms with E-state index in [1.807, 2.05) is 19.1 Å².